The highest BCUT2D eigenvalue weighted by Gasteiger charge is 2.58. The van der Waals surface area contributed by atoms with Crippen molar-refractivity contribution in [3.63, 3.8) is 0 Å². The van der Waals surface area contributed by atoms with Crippen molar-refractivity contribution in [2.24, 2.45) is 0 Å². The molecule has 0 aromatic carbocycles. The summed E-state index contributed by atoms with van der Waals surface area (Å²) in [6, 6.07) is 0. The van der Waals surface area contributed by atoms with E-state index in [-0.39, 0.29) is 0 Å². The Kier molecular flexibility index (Phi) is 8.38. The van der Waals surface area contributed by atoms with Crippen molar-refractivity contribution in [3.05, 3.63) is 0 Å². The number of quaternary nitrogens is 1. The minimum atomic E-state index is -6.95. The van der Waals surface area contributed by atoms with E-state index in [1.54, 1.807) is 0 Å². The van der Waals surface area contributed by atoms with Crippen LogP contribution in [0.2, 0.25) is 0 Å². The van der Waals surface area contributed by atoms with Crippen molar-refractivity contribution in [1.82, 2.24) is 0 Å². The largest absolute Gasteiger partial charge is 0.616 e. The molecule has 23 heavy (non-hydrogen) atoms. The van der Waals surface area contributed by atoms with Gasteiger partial charge in [0.05, 0.1) is 19.6 Å². The molecule has 1 fully saturated rings. The average molecular weight is 373 g/mol. The highest BCUT2D eigenvalue weighted by atomic mass is 32.2. The van der Waals surface area contributed by atoms with E-state index in [1.807, 2.05) is 7.11 Å². The summed E-state index contributed by atoms with van der Waals surface area (Å²) in [6.45, 7) is 7.20. The van der Waals surface area contributed by atoms with Crippen LogP contribution in [0.1, 0.15) is 32.6 Å². The number of unbranched alkanes of at least 4 members (excludes halogenated alkanes) is 1. The van der Waals surface area contributed by atoms with Crippen LogP contribution >= 0.6 is 0 Å². The first-order chi connectivity index (χ1) is 10.3. The van der Waals surface area contributed by atoms with Gasteiger partial charge in [0.25, 0.3) is 0 Å². The number of halogens is 6. The molecule has 0 radical (unpaired) electrons. The third-order valence-corrected chi connectivity index (χ3v) is 4.93. The Morgan fingerprint density at radius 3 is 1.87 bits per heavy atom. The number of rotatable bonds is 6. The van der Waals surface area contributed by atoms with Gasteiger partial charge in [0.1, 0.15) is 0 Å². The Bertz CT molecular complexity index is 426. The topological polar surface area (TPSA) is 43.4 Å². The first-order valence-corrected chi connectivity index (χ1v) is 8.71. The number of methoxy groups -OCH3 is 1. The molecule has 12 heteroatoms. The Morgan fingerprint density at radius 1 is 1.13 bits per heavy atom. The predicted molar refractivity (Wildman–Crippen MR) is 74.9 cm³/mol. The van der Waals surface area contributed by atoms with Gasteiger partial charge in [-0.1, -0.05) is 13.3 Å². The zero-order valence-corrected chi connectivity index (χ0v) is 13.9. The Labute approximate surface area is 132 Å². The molecule has 4 nitrogen and oxygen atoms in total. The van der Waals surface area contributed by atoms with E-state index in [4.69, 9.17) is 4.74 Å². The first-order valence-electron chi connectivity index (χ1n) is 7.16. The molecule has 0 aromatic rings. The maximum atomic E-state index is 11.1. The molecule has 0 aliphatic carbocycles. The summed E-state index contributed by atoms with van der Waals surface area (Å²) in [6.07, 6.45) is -1.45. The number of ether oxygens (including phenoxy) is 1. The minimum absolute atomic E-state index is 0.931. The quantitative estimate of drug-likeness (QED) is 0.408. The van der Waals surface area contributed by atoms with Gasteiger partial charge in [-0.3, -0.25) is 8.42 Å². The number of nitrogens with zero attached hydrogens (tertiary/aromatic N) is 1. The van der Waals surface area contributed by atoms with Crippen LogP contribution in [0.3, 0.4) is 0 Å². The molecular weight excluding hydrogens is 351 g/mol. The number of hydrogen-bond acceptors (Lipinski definition) is 3. The highest BCUT2D eigenvalue weighted by Crippen LogP contribution is 2.33. The van der Waals surface area contributed by atoms with Crippen LogP contribution in [0.25, 0.3) is 0 Å². The Balaban J connectivity index is 0.000000423. The maximum Gasteiger partial charge on any atom is 0.616 e. The van der Waals surface area contributed by atoms with Gasteiger partial charge in [0, 0.05) is 20.0 Å². The summed E-state index contributed by atoms with van der Waals surface area (Å²) >= 11 is 0. The monoisotopic (exact) mass is 373 g/mol. The van der Waals surface area contributed by atoms with Crippen molar-refractivity contribution in [2.75, 3.05) is 33.5 Å². The molecule has 0 unspecified atom stereocenters. The van der Waals surface area contributed by atoms with Crippen LogP contribution < -0.4 is 0 Å². The summed E-state index contributed by atoms with van der Waals surface area (Å²) < 4.78 is 91.8. The smallest absolute Gasteiger partial charge is 0.436 e. The third-order valence-electron chi connectivity index (χ3n) is 3.58. The molecule has 1 saturated heterocycles. The molecule has 0 N–H and O–H groups in total. The lowest BCUT2D eigenvalue weighted by molar-refractivity contribution is -0.934. The molecule has 1 aliphatic rings. The van der Waals surface area contributed by atoms with E-state index in [1.165, 1.54) is 49.8 Å². The van der Waals surface area contributed by atoms with Crippen LogP contribution in [0.5, 0.6) is 0 Å². The van der Waals surface area contributed by atoms with Crippen molar-refractivity contribution in [2.45, 2.75) is 38.1 Å². The van der Waals surface area contributed by atoms with Gasteiger partial charge < -0.3 is 22.2 Å². The lowest BCUT2D eigenvalue weighted by atomic mass is 10.3. The van der Waals surface area contributed by atoms with Gasteiger partial charge in [-0.25, -0.2) is 0 Å². The Morgan fingerprint density at radius 2 is 1.61 bits per heavy atom. The molecule has 0 atom stereocenters. The molecule has 1 rings (SSSR count). The molecule has 0 spiro atoms. The van der Waals surface area contributed by atoms with E-state index in [2.05, 4.69) is 6.92 Å². The molecule has 0 bridgehead atoms. The van der Waals surface area contributed by atoms with Crippen LogP contribution in [0, 0.1) is 0 Å². The first kappa shape index (κ1) is 22.5. The fourth-order valence-corrected chi connectivity index (χ4v) is 2.65. The fourth-order valence-electron chi connectivity index (χ4n) is 2.34. The van der Waals surface area contributed by atoms with Crippen LogP contribution in [0.15, 0.2) is 0 Å². The number of alkyl halides is 3. The number of likely N-dealkylation sites (tertiary alicyclic amines) is 1. The van der Waals surface area contributed by atoms with E-state index < -0.39 is 21.5 Å². The third kappa shape index (κ3) is 6.50. The SMILES string of the molecule is CCCC[N+]1(COC)CCCC1.O=S(=O)([B-](F)(F)F)C(F)(F)F. The minimum Gasteiger partial charge on any atom is -0.436 e. The van der Waals surface area contributed by atoms with Crippen molar-refractivity contribution in [3.8, 4) is 0 Å². The van der Waals surface area contributed by atoms with Crippen LogP contribution in [-0.2, 0) is 14.4 Å². The zero-order valence-electron chi connectivity index (χ0n) is 13.1. The second kappa shape index (κ2) is 8.56. The summed E-state index contributed by atoms with van der Waals surface area (Å²) in [5.41, 5.74) is -6.24. The zero-order chi connectivity index (χ0) is 18.4. The molecule has 0 aromatic heterocycles. The van der Waals surface area contributed by atoms with E-state index in [0.717, 1.165) is 6.73 Å². The lowest BCUT2D eigenvalue weighted by Gasteiger charge is -2.33. The Hall–Kier alpha value is -0.485. The van der Waals surface area contributed by atoms with Gasteiger partial charge >= 0.3 is 11.8 Å². The van der Waals surface area contributed by atoms with Crippen LogP contribution in [0.4, 0.5) is 26.1 Å². The van der Waals surface area contributed by atoms with Crippen molar-refractivity contribution in [1.29, 1.82) is 0 Å². The van der Waals surface area contributed by atoms with Crippen LogP contribution in [-0.4, -0.2) is 58.1 Å². The summed E-state index contributed by atoms with van der Waals surface area (Å²) in [4.78, 5) is 0. The molecule has 0 saturated carbocycles. The average Bonchev–Trinajstić information content (AvgIpc) is 2.84. The lowest BCUT2D eigenvalue weighted by Crippen LogP contribution is -2.47. The number of hydrogen-bond donors (Lipinski definition) is 0. The van der Waals surface area contributed by atoms with Gasteiger partial charge in [-0.2, -0.15) is 13.2 Å². The predicted octanol–water partition coefficient (Wildman–Crippen LogP) is 3.27. The molecule has 0 amide bonds. The van der Waals surface area contributed by atoms with Gasteiger partial charge in [0.2, 0.25) is 9.69 Å². The summed E-state index contributed by atoms with van der Waals surface area (Å²) in [7, 11) is -5.13. The molecular formula is C11H22BF6NO3S. The second-order valence-corrected chi connectivity index (χ2v) is 7.58. The van der Waals surface area contributed by atoms with Gasteiger partial charge in [-0.05, 0) is 6.42 Å². The van der Waals surface area contributed by atoms with Gasteiger partial charge in [0.15, 0.2) is 6.73 Å². The summed E-state index contributed by atoms with van der Waals surface area (Å²) in [5, 5.41) is 0. The van der Waals surface area contributed by atoms with Gasteiger partial charge in [-0.15, -0.1) is 0 Å². The van der Waals surface area contributed by atoms with E-state index in [9.17, 15) is 34.5 Å². The second-order valence-electron chi connectivity index (χ2n) is 5.50. The van der Waals surface area contributed by atoms with E-state index >= 15 is 0 Å². The fraction of sp³-hybridized carbons (Fsp3) is 1.00. The standard InChI is InChI=1S/C10H22NO.CBF6O2S/c1-3-4-7-11(10-12-2)8-5-6-9-11;3-1(4,5)11(9,10)2(6,7)8/h3-10H2,1-2H3;/q+1;-1. The normalized spacial score (nSPS) is 18.4. The molecule has 140 valence electrons. The maximum absolute atomic E-state index is 11.1. The van der Waals surface area contributed by atoms with Crippen molar-refractivity contribution < 1.29 is 43.8 Å². The molecule has 1 aliphatic heterocycles. The molecule has 1 heterocycles. The highest BCUT2D eigenvalue weighted by molar-refractivity contribution is 8.20. The summed E-state index contributed by atoms with van der Waals surface area (Å²) in [5.74, 6) is 0. The van der Waals surface area contributed by atoms with Crippen molar-refractivity contribution >= 4 is 15.9 Å². The van der Waals surface area contributed by atoms with E-state index in [0.29, 0.717) is 0 Å².